The van der Waals surface area contributed by atoms with E-state index in [0.717, 1.165) is 12.5 Å². The summed E-state index contributed by atoms with van der Waals surface area (Å²) >= 11 is 0. The first-order valence-corrected chi connectivity index (χ1v) is 6.30. The minimum Gasteiger partial charge on any atom is -0.350 e. The number of rotatable bonds is 5. The van der Waals surface area contributed by atoms with Crippen LogP contribution in [0, 0.1) is 24.5 Å². The minimum atomic E-state index is -0.863. The molecule has 1 unspecified atom stereocenters. The van der Waals surface area contributed by atoms with Crippen molar-refractivity contribution in [2.45, 2.75) is 33.2 Å². The molecule has 5 heteroatoms. The van der Waals surface area contributed by atoms with Crippen LogP contribution in [-0.4, -0.2) is 18.5 Å². The zero-order valence-corrected chi connectivity index (χ0v) is 11.5. The van der Waals surface area contributed by atoms with E-state index in [0.29, 0.717) is 5.92 Å². The maximum absolute atomic E-state index is 13.5. The highest BCUT2D eigenvalue weighted by Crippen LogP contribution is 2.14. The molecule has 1 aromatic carbocycles. The number of hydrogen-bond donors (Lipinski definition) is 2. The predicted molar refractivity (Wildman–Crippen MR) is 70.9 cm³/mol. The fraction of sp³-hybridized carbons (Fsp3) is 0.500. The van der Waals surface area contributed by atoms with Gasteiger partial charge in [-0.15, -0.1) is 0 Å². The van der Waals surface area contributed by atoms with Gasteiger partial charge in [0.1, 0.15) is 11.6 Å². The molecule has 0 saturated carbocycles. The van der Waals surface area contributed by atoms with E-state index in [-0.39, 0.29) is 23.7 Å². The average Bonchev–Trinajstić information content (AvgIpc) is 2.30. The Kier molecular flexibility index (Phi) is 5.42. The van der Waals surface area contributed by atoms with Crippen molar-refractivity contribution >= 4 is 5.91 Å². The van der Waals surface area contributed by atoms with E-state index in [4.69, 9.17) is 5.73 Å². The molecule has 0 aliphatic carbocycles. The summed E-state index contributed by atoms with van der Waals surface area (Å²) in [4.78, 5) is 11.8. The Morgan fingerprint density at radius 1 is 1.32 bits per heavy atom. The lowest BCUT2D eigenvalue weighted by Crippen LogP contribution is -2.38. The molecule has 0 aliphatic heterocycles. The fourth-order valence-corrected chi connectivity index (χ4v) is 1.84. The number of hydrogen-bond acceptors (Lipinski definition) is 2. The number of aryl methyl sites for hydroxylation is 1. The van der Waals surface area contributed by atoms with Gasteiger partial charge in [-0.3, -0.25) is 4.79 Å². The highest BCUT2D eigenvalue weighted by atomic mass is 19.1. The minimum absolute atomic E-state index is 0.157. The molecule has 0 aliphatic rings. The van der Waals surface area contributed by atoms with Crippen LogP contribution in [0.4, 0.5) is 8.78 Å². The van der Waals surface area contributed by atoms with Crippen molar-refractivity contribution in [3.8, 4) is 0 Å². The number of carbonyl (C=O) groups excluding carboxylic acids is 1. The zero-order valence-electron chi connectivity index (χ0n) is 11.5. The van der Waals surface area contributed by atoms with Crippen LogP contribution in [0.5, 0.6) is 0 Å². The monoisotopic (exact) mass is 270 g/mol. The van der Waals surface area contributed by atoms with Crippen LogP contribution in [0.2, 0.25) is 0 Å². The summed E-state index contributed by atoms with van der Waals surface area (Å²) in [5.74, 6) is -1.67. The van der Waals surface area contributed by atoms with Crippen molar-refractivity contribution in [1.29, 1.82) is 0 Å². The lowest BCUT2D eigenvalue weighted by atomic mass is 10.0. The van der Waals surface area contributed by atoms with Gasteiger partial charge < -0.3 is 11.1 Å². The molecule has 3 N–H and O–H groups in total. The molecular weight excluding hydrogens is 250 g/mol. The topological polar surface area (TPSA) is 55.1 Å². The number of amides is 1. The third-order valence-corrected chi connectivity index (χ3v) is 2.79. The van der Waals surface area contributed by atoms with Gasteiger partial charge in [0.15, 0.2) is 0 Å². The molecule has 0 spiro atoms. The van der Waals surface area contributed by atoms with Crippen molar-refractivity contribution in [2.24, 2.45) is 11.7 Å². The van der Waals surface area contributed by atoms with Gasteiger partial charge in [0.05, 0.1) is 5.56 Å². The molecular formula is C14H20F2N2O. The normalized spacial score (nSPS) is 12.6. The highest BCUT2D eigenvalue weighted by molar-refractivity contribution is 5.94. The largest absolute Gasteiger partial charge is 0.350 e. The van der Waals surface area contributed by atoms with E-state index >= 15 is 0 Å². The number of halogens is 2. The predicted octanol–water partition coefficient (Wildman–Crippen LogP) is 2.38. The third kappa shape index (κ3) is 4.59. The van der Waals surface area contributed by atoms with E-state index in [9.17, 15) is 13.6 Å². The molecule has 1 atom stereocenters. The highest BCUT2D eigenvalue weighted by Gasteiger charge is 2.15. The van der Waals surface area contributed by atoms with E-state index in [1.807, 2.05) is 13.8 Å². The second-order valence-electron chi connectivity index (χ2n) is 5.18. The Morgan fingerprint density at radius 2 is 1.95 bits per heavy atom. The molecule has 106 valence electrons. The molecule has 0 heterocycles. The Hall–Kier alpha value is -1.49. The van der Waals surface area contributed by atoms with Crippen LogP contribution in [0.25, 0.3) is 0 Å². The summed E-state index contributed by atoms with van der Waals surface area (Å²) in [7, 11) is 0. The van der Waals surface area contributed by atoms with Gasteiger partial charge in [0, 0.05) is 18.7 Å². The summed E-state index contributed by atoms with van der Waals surface area (Å²) in [6.45, 7) is 5.82. The fourth-order valence-electron chi connectivity index (χ4n) is 1.84. The first kappa shape index (κ1) is 15.6. The maximum atomic E-state index is 13.5. The lowest BCUT2D eigenvalue weighted by molar-refractivity contribution is 0.0946. The standard InChI is InChI=1S/C14H20F2N2O/c1-8(2)4-10(17)7-18-14(19)11-5-9(3)12(15)6-13(11)16/h5-6,8,10H,4,7,17H2,1-3H3,(H,18,19). The molecule has 0 saturated heterocycles. The number of benzene rings is 1. The van der Waals surface area contributed by atoms with Crippen LogP contribution < -0.4 is 11.1 Å². The van der Waals surface area contributed by atoms with Crippen molar-refractivity contribution in [3.05, 3.63) is 34.9 Å². The molecule has 0 aromatic heterocycles. The van der Waals surface area contributed by atoms with E-state index < -0.39 is 17.5 Å². The van der Waals surface area contributed by atoms with Crippen LogP contribution in [-0.2, 0) is 0 Å². The smallest absolute Gasteiger partial charge is 0.254 e. The van der Waals surface area contributed by atoms with Gasteiger partial charge in [-0.25, -0.2) is 8.78 Å². The number of carbonyl (C=O) groups is 1. The molecule has 1 rings (SSSR count). The van der Waals surface area contributed by atoms with Crippen molar-refractivity contribution in [2.75, 3.05) is 6.54 Å². The molecule has 0 bridgehead atoms. The molecule has 0 fully saturated rings. The summed E-state index contributed by atoms with van der Waals surface area (Å²) < 4.78 is 26.6. The second-order valence-corrected chi connectivity index (χ2v) is 5.18. The first-order valence-electron chi connectivity index (χ1n) is 6.30. The van der Waals surface area contributed by atoms with Gasteiger partial charge in [0.25, 0.3) is 5.91 Å². The second kappa shape index (κ2) is 6.61. The quantitative estimate of drug-likeness (QED) is 0.863. The van der Waals surface area contributed by atoms with Gasteiger partial charge in [-0.2, -0.15) is 0 Å². The lowest BCUT2D eigenvalue weighted by Gasteiger charge is -2.15. The van der Waals surface area contributed by atoms with Crippen molar-refractivity contribution < 1.29 is 13.6 Å². The first-order chi connectivity index (χ1) is 8.81. The molecule has 19 heavy (non-hydrogen) atoms. The summed E-state index contributed by atoms with van der Waals surface area (Å²) in [5.41, 5.74) is 5.90. The van der Waals surface area contributed by atoms with Crippen LogP contribution >= 0.6 is 0 Å². The summed E-state index contributed by atoms with van der Waals surface area (Å²) in [6, 6.07) is 1.75. The van der Waals surface area contributed by atoms with Gasteiger partial charge in [-0.05, 0) is 30.9 Å². The average molecular weight is 270 g/mol. The van der Waals surface area contributed by atoms with E-state index in [1.165, 1.54) is 13.0 Å². The summed E-state index contributed by atoms with van der Waals surface area (Å²) in [6.07, 6.45) is 0.769. The molecule has 1 aromatic rings. The summed E-state index contributed by atoms with van der Waals surface area (Å²) in [5, 5.41) is 2.57. The van der Waals surface area contributed by atoms with Crippen molar-refractivity contribution in [3.63, 3.8) is 0 Å². The Labute approximate surface area is 112 Å². The van der Waals surface area contributed by atoms with Crippen LogP contribution in [0.15, 0.2) is 12.1 Å². The van der Waals surface area contributed by atoms with Crippen LogP contribution in [0.1, 0.15) is 36.2 Å². The zero-order chi connectivity index (χ0) is 14.6. The molecule has 0 radical (unpaired) electrons. The maximum Gasteiger partial charge on any atom is 0.254 e. The SMILES string of the molecule is Cc1cc(C(=O)NCC(N)CC(C)C)c(F)cc1F. The molecule has 1 amide bonds. The van der Waals surface area contributed by atoms with Crippen LogP contribution in [0.3, 0.4) is 0 Å². The number of nitrogens with two attached hydrogens (primary N) is 1. The third-order valence-electron chi connectivity index (χ3n) is 2.79. The van der Waals surface area contributed by atoms with E-state index in [1.54, 1.807) is 0 Å². The van der Waals surface area contributed by atoms with Gasteiger partial charge in [-0.1, -0.05) is 13.8 Å². The Morgan fingerprint density at radius 3 is 2.53 bits per heavy atom. The van der Waals surface area contributed by atoms with E-state index in [2.05, 4.69) is 5.32 Å². The van der Waals surface area contributed by atoms with Gasteiger partial charge >= 0.3 is 0 Å². The Bertz CT molecular complexity index is 461. The van der Waals surface area contributed by atoms with Crippen molar-refractivity contribution in [1.82, 2.24) is 5.32 Å². The number of nitrogens with one attached hydrogen (secondary N) is 1. The Balaban J connectivity index is 2.66. The molecule has 3 nitrogen and oxygen atoms in total. The van der Waals surface area contributed by atoms with Gasteiger partial charge in [0.2, 0.25) is 0 Å².